The standard InChI is InChI=1S/C16H15F3N6OS/c1-15(2)13(26)25(14(27)24(15)7-3-6-22-23-21)11-5-4-10(9-20)12(8-11)16(17,18)19/h4-5,8H,3,6-7H2,1-2H3. The van der Waals surface area contributed by atoms with Gasteiger partial charge in [0.05, 0.1) is 22.9 Å². The minimum absolute atomic E-state index is 0.0538. The fourth-order valence-electron chi connectivity index (χ4n) is 2.79. The van der Waals surface area contributed by atoms with E-state index >= 15 is 0 Å². The lowest BCUT2D eigenvalue weighted by Gasteiger charge is -2.29. The summed E-state index contributed by atoms with van der Waals surface area (Å²) >= 11 is 5.33. The van der Waals surface area contributed by atoms with Gasteiger partial charge in [-0.2, -0.15) is 18.4 Å². The van der Waals surface area contributed by atoms with Gasteiger partial charge in [0.15, 0.2) is 5.11 Å². The molecule has 0 N–H and O–H groups in total. The number of anilines is 1. The fourth-order valence-corrected chi connectivity index (χ4v) is 3.29. The Labute approximate surface area is 158 Å². The van der Waals surface area contributed by atoms with Gasteiger partial charge in [-0.05, 0) is 56.2 Å². The van der Waals surface area contributed by atoms with Crippen LogP contribution in [0.25, 0.3) is 10.4 Å². The maximum atomic E-state index is 13.2. The Hall–Kier alpha value is -2.83. The summed E-state index contributed by atoms with van der Waals surface area (Å²) in [5.41, 5.74) is 5.54. The van der Waals surface area contributed by atoms with E-state index in [0.717, 1.165) is 17.0 Å². The second-order valence-corrected chi connectivity index (χ2v) is 6.65. The third-order valence-electron chi connectivity index (χ3n) is 4.21. The zero-order valence-corrected chi connectivity index (χ0v) is 15.3. The van der Waals surface area contributed by atoms with Crippen molar-refractivity contribution in [3.63, 3.8) is 0 Å². The maximum Gasteiger partial charge on any atom is 0.417 e. The van der Waals surface area contributed by atoms with Gasteiger partial charge in [-0.1, -0.05) is 5.11 Å². The van der Waals surface area contributed by atoms with Gasteiger partial charge in [0.2, 0.25) is 0 Å². The number of thiocarbonyl (C=S) groups is 1. The van der Waals surface area contributed by atoms with Gasteiger partial charge >= 0.3 is 6.18 Å². The topological polar surface area (TPSA) is 96.1 Å². The number of carbonyl (C=O) groups excluding carboxylic acids is 1. The third-order valence-corrected chi connectivity index (χ3v) is 4.62. The van der Waals surface area contributed by atoms with E-state index in [1.807, 2.05) is 0 Å². The lowest BCUT2D eigenvalue weighted by Crippen LogP contribution is -2.44. The monoisotopic (exact) mass is 396 g/mol. The van der Waals surface area contributed by atoms with Crippen LogP contribution in [-0.4, -0.2) is 34.5 Å². The number of halogens is 3. The van der Waals surface area contributed by atoms with Crippen LogP contribution in [0.3, 0.4) is 0 Å². The van der Waals surface area contributed by atoms with E-state index in [9.17, 15) is 18.0 Å². The predicted molar refractivity (Wildman–Crippen MR) is 95.7 cm³/mol. The number of rotatable bonds is 5. The van der Waals surface area contributed by atoms with Gasteiger partial charge < -0.3 is 4.90 Å². The Morgan fingerprint density at radius 2 is 2.07 bits per heavy atom. The molecule has 142 valence electrons. The molecule has 0 spiro atoms. The molecule has 1 aromatic carbocycles. The first-order valence-corrected chi connectivity index (χ1v) is 8.25. The number of nitriles is 1. The molecule has 1 aliphatic rings. The van der Waals surface area contributed by atoms with Gasteiger partial charge in [-0.25, -0.2) is 0 Å². The number of carbonyl (C=O) groups is 1. The van der Waals surface area contributed by atoms with Crippen molar-refractivity contribution in [3.8, 4) is 6.07 Å². The molecule has 0 unspecified atom stereocenters. The summed E-state index contributed by atoms with van der Waals surface area (Å²) in [7, 11) is 0. The van der Waals surface area contributed by atoms with Gasteiger partial charge in [0.25, 0.3) is 5.91 Å². The zero-order valence-electron chi connectivity index (χ0n) is 14.5. The third kappa shape index (κ3) is 3.82. The maximum absolute atomic E-state index is 13.2. The molecule has 1 saturated heterocycles. The smallest absolute Gasteiger partial charge is 0.334 e. The molecular weight excluding hydrogens is 381 g/mol. The van der Waals surface area contributed by atoms with Crippen molar-refractivity contribution in [1.82, 2.24) is 4.90 Å². The number of alkyl halides is 3. The molecule has 27 heavy (non-hydrogen) atoms. The number of amides is 1. The molecule has 1 fully saturated rings. The Morgan fingerprint density at radius 1 is 1.41 bits per heavy atom. The Balaban J connectivity index is 2.41. The molecule has 0 bridgehead atoms. The second-order valence-electron chi connectivity index (χ2n) is 6.28. The molecule has 0 atom stereocenters. The van der Waals surface area contributed by atoms with E-state index in [4.69, 9.17) is 23.0 Å². The van der Waals surface area contributed by atoms with Crippen molar-refractivity contribution in [2.45, 2.75) is 32.0 Å². The van der Waals surface area contributed by atoms with Crippen LogP contribution in [0, 0.1) is 11.3 Å². The van der Waals surface area contributed by atoms with Crippen LogP contribution in [0.4, 0.5) is 18.9 Å². The number of azide groups is 1. The van der Waals surface area contributed by atoms with E-state index in [1.165, 1.54) is 12.1 Å². The summed E-state index contributed by atoms with van der Waals surface area (Å²) in [5, 5.41) is 12.4. The lowest BCUT2D eigenvalue weighted by molar-refractivity contribution is -0.137. The highest BCUT2D eigenvalue weighted by Crippen LogP contribution is 2.37. The molecule has 1 aromatic rings. The number of hydrogen-bond donors (Lipinski definition) is 0. The van der Waals surface area contributed by atoms with Crippen LogP contribution >= 0.6 is 12.2 Å². The van der Waals surface area contributed by atoms with E-state index < -0.39 is 28.7 Å². The molecule has 11 heteroatoms. The van der Waals surface area contributed by atoms with Crippen molar-refractivity contribution in [1.29, 1.82) is 5.26 Å². The molecule has 0 aliphatic carbocycles. The molecule has 7 nitrogen and oxygen atoms in total. The Kier molecular flexibility index (Phi) is 5.63. The quantitative estimate of drug-likeness (QED) is 0.247. The average Bonchev–Trinajstić information content (AvgIpc) is 2.76. The number of nitrogens with zero attached hydrogens (tertiary/aromatic N) is 6. The van der Waals surface area contributed by atoms with Crippen molar-refractivity contribution >= 4 is 28.9 Å². The molecule has 1 aliphatic heterocycles. The Morgan fingerprint density at radius 3 is 2.63 bits per heavy atom. The average molecular weight is 396 g/mol. The summed E-state index contributed by atoms with van der Waals surface area (Å²) in [4.78, 5) is 18.1. The first-order valence-electron chi connectivity index (χ1n) is 7.84. The van der Waals surface area contributed by atoms with Crippen molar-refractivity contribution in [2.75, 3.05) is 18.0 Å². The first-order chi connectivity index (χ1) is 12.6. The van der Waals surface area contributed by atoms with E-state index in [2.05, 4.69) is 10.0 Å². The fraction of sp³-hybridized carbons (Fsp3) is 0.438. The van der Waals surface area contributed by atoms with Gasteiger partial charge in [-0.15, -0.1) is 0 Å². The van der Waals surface area contributed by atoms with Gasteiger partial charge in [0, 0.05) is 18.0 Å². The van der Waals surface area contributed by atoms with Crippen LogP contribution in [0.5, 0.6) is 0 Å². The van der Waals surface area contributed by atoms with Crippen molar-refractivity contribution in [3.05, 3.63) is 39.8 Å². The lowest BCUT2D eigenvalue weighted by atomic mass is 10.0. The van der Waals surface area contributed by atoms with Crippen LogP contribution in [0.1, 0.15) is 31.4 Å². The van der Waals surface area contributed by atoms with E-state index in [-0.39, 0.29) is 17.3 Å². The number of hydrogen-bond acceptors (Lipinski definition) is 4. The highest BCUT2D eigenvalue weighted by atomic mass is 32.1. The van der Waals surface area contributed by atoms with Crippen LogP contribution < -0.4 is 4.90 Å². The van der Waals surface area contributed by atoms with E-state index in [0.29, 0.717) is 13.0 Å². The minimum Gasteiger partial charge on any atom is -0.334 e. The van der Waals surface area contributed by atoms with Gasteiger partial charge in [0.1, 0.15) is 5.54 Å². The first kappa shape index (κ1) is 20.5. The molecule has 0 aromatic heterocycles. The van der Waals surface area contributed by atoms with Crippen LogP contribution in [-0.2, 0) is 11.0 Å². The summed E-state index contributed by atoms with van der Waals surface area (Å²) in [6, 6.07) is 4.53. The van der Waals surface area contributed by atoms with Crippen LogP contribution in [0.15, 0.2) is 23.3 Å². The molecule has 0 saturated carbocycles. The zero-order chi connectivity index (χ0) is 20.4. The van der Waals surface area contributed by atoms with E-state index in [1.54, 1.807) is 18.7 Å². The largest absolute Gasteiger partial charge is 0.417 e. The SMILES string of the molecule is CC1(C)C(=O)N(c2ccc(C#N)c(C(F)(F)F)c2)C(=S)N1CCCN=[N+]=[N-]. The summed E-state index contributed by atoms with van der Waals surface area (Å²) in [6.45, 7) is 3.73. The molecule has 1 heterocycles. The predicted octanol–water partition coefficient (Wildman–Crippen LogP) is 3.99. The normalized spacial score (nSPS) is 16.3. The highest BCUT2D eigenvalue weighted by Gasteiger charge is 2.49. The second kappa shape index (κ2) is 7.42. The Bertz CT molecular complexity index is 870. The summed E-state index contributed by atoms with van der Waals surface area (Å²) < 4.78 is 39.7. The van der Waals surface area contributed by atoms with Gasteiger partial charge in [-0.3, -0.25) is 9.69 Å². The number of benzene rings is 1. The van der Waals surface area contributed by atoms with Crippen molar-refractivity contribution in [2.24, 2.45) is 5.11 Å². The summed E-state index contributed by atoms with van der Waals surface area (Å²) in [6.07, 6.45) is -4.31. The molecule has 0 radical (unpaired) electrons. The van der Waals surface area contributed by atoms with Crippen molar-refractivity contribution < 1.29 is 18.0 Å². The van der Waals surface area contributed by atoms with Crippen LogP contribution in [0.2, 0.25) is 0 Å². The molecular formula is C16H15F3N6OS. The minimum atomic E-state index is -4.74. The highest BCUT2D eigenvalue weighted by molar-refractivity contribution is 7.80. The summed E-state index contributed by atoms with van der Waals surface area (Å²) in [5.74, 6) is -0.478. The molecule has 2 rings (SSSR count). The molecule has 1 amide bonds.